The van der Waals surface area contributed by atoms with Crippen LogP contribution in [0.3, 0.4) is 0 Å². The molecule has 2 aromatic heterocycles. The lowest BCUT2D eigenvalue weighted by Gasteiger charge is -2.32. The average molecular weight is 782 g/mol. The van der Waals surface area contributed by atoms with Crippen LogP contribution in [-0.2, 0) is 22.7 Å². The van der Waals surface area contributed by atoms with E-state index in [4.69, 9.17) is 37.7 Å². The third kappa shape index (κ3) is 9.29. The number of benzene rings is 2. The largest absolute Gasteiger partial charge is 0.481 e. The number of methoxy groups -OCH3 is 1. The summed E-state index contributed by atoms with van der Waals surface area (Å²) < 4.78 is 37.8. The molecule has 0 saturated carbocycles. The number of amides is 2. The summed E-state index contributed by atoms with van der Waals surface area (Å²) in [4.78, 5) is 36.4. The van der Waals surface area contributed by atoms with E-state index in [1.807, 2.05) is 40.1 Å². The van der Waals surface area contributed by atoms with E-state index in [9.17, 15) is 18.4 Å². The molecule has 0 spiro atoms. The van der Waals surface area contributed by atoms with Crippen molar-refractivity contribution < 1.29 is 27.8 Å². The maximum atomic E-state index is 13.6. The van der Waals surface area contributed by atoms with Gasteiger partial charge >= 0.3 is 6.61 Å². The molecular weight excluding hydrogens is 737 g/mol. The highest BCUT2D eigenvalue weighted by Crippen LogP contribution is 2.42. The van der Waals surface area contributed by atoms with Gasteiger partial charge in [-0.15, -0.1) is 0 Å². The van der Waals surface area contributed by atoms with Gasteiger partial charge < -0.3 is 29.9 Å². The first-order chi connectivity index (χ1) is 26.0. The zero-order chi connectivity index (χ0) is 38.4. The monoisotopic (exact) mass is 780 g/mol. The summed E-state index contributed by atoms with van der Waals surface area (Å²) in [5.74, 6) is 0.660. The minimum absolute atomic E-state index is 0.0245. The predicted octanol–water partition coefficient (Wildman–Crippen LogP) is 7.60. The number of halogens is 4. The van der Waals surface area contributed by atoms with Gasteiger partial charge in [-0.3, -0.25) is 14.6 Å². The fourth-order valence-electron chi connectivity index (χ4n) is 7.08. The second kappa shape index (κ2) is 17.9. The van der Waals surface area contributed by atoms with E-state index in [0.717, 1.165) is 44.3 Å². The van der Waals surface area contributed by atoms with E-state index < -0.39 is 6.61 Å². The van der Waals surface area contributed by atoms with Crippen molar-refractivity contribution in [3.8, 4) is 45.3 Å². The Labute approximate surface area is 324 Å². The van der Waals surface area contributed by atoms with E-state index in [0.29, 0.717) is 81.3 Å². The van der Waals surface area contributed by atoms with Gasteiger partial charge in [-0.05, 0) is 43.9 Å². The number of alkyl halides is 2. The number of hydrogen-bond donors (Lipinski definition) is 2. The summed E-state index contributed by atoms with van der Waals surface area (Å²) >= 11 is 14.1. The van der Waals surface area contributed by atoms with E-state index in [-0.39, 0.29) is 29.6 Å². The molecule has 286 valence electrons. The predicted molar refractivity (Wildman–Crippen MR) is 206 cm³/mol. The number of rotatable bonds is 12. The first-order valence-corrected chi connectivity index (χ1v) is 18.8. The molecule has 0 aliphatic carbocycles. The zero-order valence-electron chi connectivity index (χ0n) is 30.5. The van der Waals surface area contributed by atoms with Crippen molar-refractivity contribution in [1.82, 2.24) is 30.4 Å². The van der Waals surface area contributed by atoms with Crippen LogP contribution in [0.1, 0.15) is 50.7 Å². The highest BCUT2D eigenvalue weighted by molar-refractivity contribution is 6.39. The maximum absolute atomic E-state index is 13.6. The number of carbonyl (C=O) groups excluding carboxylic acids is 2. The van der Waals surface area contributed by atoms with Crippen molar-refractivity contribution in [2.45, 2.75) is 71.3 Å². The molecule has 0 bridgehead atoms. The lowest BCUT2D eigenvalue weighted by molar-refractivity contribution is -0.130. The Hall–Kier alpha value is -4.36. The molecule has 2 fully saturated rings. The summed E-state index contributed by atoms with van der Waals surface area (Å²) in [6, 6.07) is 16.7. The summed E-state index contributed by atoms with van der Waals surface area (Å²) in [7, 11) is 1.58. The summed E-state index contributed by atoms with van der Waals surface area (Å²) in [5, 5.41) is 7.72. The maximum Gasteiger partial charge on any atom is 0.387 e. The summed E-state index contributed by atoms with van der Waals surface area (Å²) in [6.07, 6.45) is 4.91. The molecular formula is C40H44Cl2F2N6O4. The van der Waals surface area contributed by atoms with Gasteiger partial charge in [0.05, 0.1) is 28.5 Å². The molecule has 2 aromatic carbocycles. The van der Waals surface area contributed by atoms with E-state index in [1.165, 1.54) is 6.07 Å². The number of hydrogen-bond acceptors (Lipinski definition) is 8. The number of nitrogens with zero attached hydrogens (tertiary/aromatic N) is 4. The smallest absolute Gasteiger partial charge is 0.387 e. The number of carbonyl (C=O) groups is 2. The first kappa shape index (κ1) is 39.3. The molecule has 2 aliphatic rings. The number of ether oxygens (including phenoxy) is 2. The molecule has 54 heavy (non-hydrogen) atoms. The fraction of sp³-hybridized carbons (Fsp3) is 0.400. The number of aromatic nitrogens is 2. The van der Waals surface area contributed by atoms with Gasteiger partial charge in [0.25, 0.3) is 0 Å². The molecule has 2 saturated heterocycles. The molecule has 0 atom stereocenters. The van der Waals surface area contributed by atoms with Gasteiger partial charge in [0.1, 0.15) is 5.75 Å². The summed E-state index contributed by atoms with van der Waals surface area (Å²) in [5.41, 5.74) is 4.90. The molecule has 4 aromatic rings. The van der Waals surface area contributed by atoms with E-state index >= 15 is 0 Å². The molecule has 0 radical (unpaired) electrons. The Balaban J connectivity index is 1.20. The van der Waals surface area contributed by atoms with Crippen LogP contribution >= 0.6 is 23.2 Å². The zero-order valence-corrected chi connectivity index (χ0v) is 32.0. The Morgan fingerprint density at radius 1 is 0.815 bits per heavy atom. The van der Waals surface area contributed by atoms with Crippen molar-refractivity contribution in [2.75, 3.05) is 33.3 Å². The second-order valence-electron chi connectivity index (χ2n) is 13.6. The van der Waals surface area contributed by atoms with Crippen molar-refractivity contribution in [1.29, 1.82) is 0 Å². The van der Waals surface area contributed by atoms with Crippen LogP contribution in [0.5, 0.6) is 11.6 Å². The lowest BCUT2D eigenvalue weighted by Crippen LogP contribution is -2.44. The van der Waals surface area contributed by atoms with E-state index in [2.05, 4.69) is 15.6 Å². The number of nitrogens with one attached hydrogen (secondary N) is 2. The quantitative estimate of drug-likeness (QED) is 0.152. The van der Waals surface area contributed by atoms with Gasteiger partial charge in [0.15, 0.2) is 0 Å². The van der Waals surface area contributed by atoms with Crippen LogP contribution in [-0.4, -0.2) is 83.6 Å². The van der Waals surface area contributed by atoms with Gasteiger partial charge in [-0.1, -0.05) is 59.6 Å². The molecule has 6 rings (SSSR count). The first-order valence-electron chi connectivity index (χ1n) is 18.1. The van der Waals surface area contributed by atoms with Crippen molar-refractivity contribution >= 4 is 35.0 Å². The third-order valence-corrected chi connectivity index (χ3v) is 11.0. The van der Waals surface area contributed by atoms with Crippen LogP contribution in [0, 0.1) is 0 Å². The Bertz CT molecular complexity index is 1970. The van der Waals surface area contributed by atoms with Crippen molar-refractivity contribution in [2.24, 2.45) is 0 Å². The van der Waals surface area contributed by atoms with Gasteiger partial charge in [0, 0.05) is 105 Å². The number of piperidine rings is 2. The molecule has 2 N–H and O–H groups in total. The molecule has 4 heterocycles. The minimum Gasteiger partial charge on any atom is -0.481 e. The molecule has 14 heteroatoms. The molecule has 0 unspecified atom stereocenters. The van der Waals surface area contributed by atoms with E-state index in [1.54, 1.807) is 45.4 Å². The number of likely N-dealkylation sites (tertiary alicyclic amines) is 2. The SMILES string of the molecule is COc1nc(-c2cccc(-c3ccnc(-c4ccc(CNC5CCN(C(C)=O)CC5)c(OC(F)F)c4)c3Cl)c2Cl)ccc1CNC1CCN(C(C)=O)CC1. The average Bonchev–Trinajstić information content (AvgIpc) is 3.17. The normalized spacial score (nSPS) is 15.5. The van der Waals surface area contributed by atoms with Crippen molar-refractivity contribution in [3.05, 3.63) is 82.0 Å². The third-order valence-electron chi connectivity index (χ3n) is 10.2. The van der Waals surface area contributed by atoms with Crippen LogP contribution in [0.2, 0.25) is 10.0 Å². The van der Waals surface area contributed by atoms with Gasteiger partial charge in [-0.2, -0.15) is 8.78 Å². The molecule has 2 aliphatic heterocycles. The lowest BCUT2D eigenvalue weighted by atomic mass is 9.99. The highest BCUT2D eigenvalue weighted by atomic mass is 35.5. The number of pyridine rings is 2. The standard InChI is InChI=1S/C40H44Cl2F2N6O4/c1-24(51)49-17-12-29(13-18-49)46-22-27-8-7-26(21-35(27)54-40(43)44)38-37(42)32(11-16-45-38)31-5-4-6-33(36(31)41)34-10-9-28(39(48-34)53-3)23-47-30-14-19-50(20-15-30)25(2)52/h4-11,16,21,29-30,40,46-47H,12-15,17-20,22-23H2,1-3H3. The fourth-order valence-corrected chi connectivity index (χ4v) is 7.73. The second-order valence-corrected chi connectivity index (χ2v) is 14.3. The van der Waals surface area contributed by atoms with Crippen LogP contribution in [0.25, 0.3) is 33.6 Å². The molecule has 10 nitrogen and oxygen atoms in total. The van der Waals surface area contributed by atoms with Crippen molar-refractivity contribution in [3.63, 3.8) is 0 Å². The topological polar surface area (TPSA) is 109 Å². The molecule has 2 amide bonds. The minimum atomic E-state index is -3.02. The Kier molecular flexibility index (Phi) is 13.0. The van der Waals surface area contributed by atoms with Gasteiger partial charge in [0.2, 0.25) is 17.7 Å². The van der Waals surface area contributed by atoms with Gasteiger partial charge in [-0.25, -0.2) is 4.98 Å². The van der Waals surface area contributed by atoms with Crippen LogP contribution in [0.15, 0.2) is 60.8 Å². The van der Waals surface area contributed by atoms with Crippen LogP contribution < -0.4 is 20.1 Å². The Morgan fingerprint density at radius 2 is 1.39 bits per heavy atom. The Morgan fingerprint density at radius 3 is 1.98 bits per heavy atom. The highest BCUT2D eigenvalue weighted by Gasteiger charge is 2.24. The van der Waals surface area contributed by atoms with Crippen LogP contribution in [0.4, 0.5) is 8.78 Å². The summed E-state index contributed by atoms with van der Waals surface area (Å²) in [6.45, 7) is 3.80.